The van der Waals surface area contributed by atoms with Gasteiger partial charge in [0.15, 0.2) is 11.9 Å². The van der Waals surface area contributed by atoms with Crippen molar-refractivity contribution in [2.45, 2.75) is 44.1 Å². The molecular formula is C9H13NO4. The van der Waals surface area contributed by atoms with Gasteiger partial charge in [0.1, 0.15) is 18.3 Å². The van der Waals surface area contributed by atoms with Crippen LogP contribution < -0.4 is 5.32 Å². The maximum absolute atomic E-state index is 11.4. The summed E-state index contributed by atoms with van der Waals surface area (Å²) in [6.07, 6.45) is -0.878. The molecule has 3 saturated heterocycles. The molecule has 1 N–H and O–H groups in total. The van der Waals surface area contributed by atoms with Gasteiger partial charge in [0.25, 0.3) is 5.91 Å². The molecule has 0 aromatic rings. The molecular weight excluding hydrogens is 186 g/mol. The van der Waals surface area contributed by atoms with Crippen molar-refractivity contribution >= 4 is 5.91 Å². The first-order valence-corrected chi connectivity index (χ1v) is 4.86. The van der Waals surface area contributed by atoms with Crippen molar-refractivity contribution in [1.29, 1.82) is 0 Å². The Hall–Kier alpha value is -0.650. The molecule has 78 valence electrons. The molecule has 2 bridgehead atoms. The van der Waals surface area contributed by atoms with E-state index in [1.807, 2.05) is 13.8 Å². The summed E-state index contributed by atoms with van der Waals surface area (Å²) < 4.78 is 16.9. The number of nitrogens with one attached hydrogen (secondary N) is 1. The van der Waals surface area contributed by atoms with E-state index in [2.05, 4.69) is 5.32 Å². The fourth-order valence-corrected chi connectivity index (χ4v) is 2.36. The molecule has 0 unspecified atom stereocenters. The summed E-state index contributed by atoms with van der Waals surface area (Å²) in [5, 5.41) is 2.78. The van der Waals surface area contributed by atoms with E-state index in [-0.39, 0.29) is 24.2 Å². The Kier molecular flexibility index (Phi) is 1.53. The zero-order valence-electron chi connectivity index (χ0n) is 8.15. The highest BCUT2D eigenvalue weighted by molar-refractivity contribution is 5.83. The maximum atomic E-state index is 11.4. The van der Waals surface area contributed by atoms with Crippen LogP contribution in [-0.2, 0) is 19.0 Å². The van der Waals surface area contributed by atoms with Crippen LogP contribution in [0.1, 0.15) is 13.8 Å². The molecule has 0 aliphatic carbocycles. The van der Waals surface area contributed by atoms with Crippen LogP contribution in [0, 0.1) is 0 Å². The molecule has 3 aliphatic rings. The number of rotatable bonds is 0. The molecule has 5 heteroatoms. The molecule has 3 heterocycles. The number of amides is 1. The fraction of sp³-hybridized carbons (Fsp3) is 0.889. The maximum Gasteiger partial charge on any atom is 0.252 e. The van der Waals surface area contributed by atoms with Crippen LogP contribution in [0.4, 0.5) is 0 Å². The lowest BCUT2D eigenvalue weighted by Gasteiger charge is -2.27. The van der Waals surface area contributed by atoms with Gasteiger partial charge in [0.2, 0.25) is 0 Å². The van der Waals surface area contributed by atoms with Gasteiger partial charge in [-0.25, -0.2) is 0 Å². The standard InChI is InChI=1S/C9H13NO4/c1-9(2)13-5-4-3-10-8(11)7(12-4)6(5)14-9/h4-7H,3H2,1-2H3,(H,10,11)/t4-,5-,6-,7-/m0/s1. The second kappa shape index (κ2) is 2.48. The highest BCUT2D eigenvalue weighted by Gasteiger charge is 2.59. The number of carbonyl (C=O) groups is 1. The van der Waals surface area contributed by atoms with Gasteiger partial charge in [-0.05, 0) is 13.8 Å². The molecule has 0 spiro atoms. The minimum Gasteiger partial charge on any atom is -0.358 e. The lowest BCUT2D eigenvalue weighted by atomic mass is 10.1. The predicted octanol–water partition coefficient (Wildman–Crippen LogP) is -0.596. The van der Waals surface area contributed by atoms with E-state index < -0.39 is 11.9 Å². The zero-order chi connectivity index (χ0) is 9.92. The van der Waals surface area contributed by atoms with Crippen molar-refractivity contribution in [1.82, 2.24) is 5.32 Å². The summed E-state index contributed by atoms with van der Waals surface area (Å²) in [7, 11) is 0. The summed E-state index contributed by atoms with van der Waals surface area (Å²) >= 11 is 0. The highest BCUT2D eigenvalue weighted by atomic mass is 16.8. The molecule has 5 nitrogen and oxygen atoms in total. The van der Waals surface area contributed by atoms with Crippen LogP contribution >= 0.6 is 0 Å². The fourth-order valence-electron chi connectivity index (χ4n) is 2.36. The second-order valence-corrected chi connectivity index (χ2v) is 4.41. The summed E-state index contributed by atoms with van der Waals surface area (Å²) in [5.41, 5.74) is 0. The van der Waals surface area contributed by atoms with Crippen LogP contribution in [0.15, 0.2) is 0 Å². The molecule has 3 rings (SSSR count). The van der Waals surface area contributed by atoms with Crippen LogP contribution in [0.2, 0.25) is 0 Å². The Morgan fingerprint density at radius 1 is 1.36 bits per heavy atom. The van der Waals surface area contributed by atoms with E-state index in [9.17, 15) is 4.79 Å². The van der Waals surface area contributed by atoms with Crippen molar-refractivity contribution < 1.29 is 19.0 Å². The molecule has 0 radical (unpaired) electrons. The van der Waals surface area contributed by atoms with E-state index >= 15 is 0 Å². The van der Waals surface area contributed by atoms with E-state index in [1.165, 1.54) is 0 Å². The summed E-state index contributed by atoms with van der Waals surface area (Å²) in [4.78, 5) is 11.4. The van der Waals surface area contributed by atoms with Gasteiger partial charge < -0.3 is 19.5 Å². The molecule has 3 fully saturated rings. The number of hydrogen-bond donors (Lipinski definition) is 1. The molecule has 4 atom stereocenters. The minimum absolute atomic E-state index is 0.0514. The number of ether oxygens (including phenoxy) is 3. The van der Waals surface area contributed by atoms with E-state index in [0.717, 1.165) is 0 Å². The average molecular weight is 199 g/mol. The summed E-state index contributed by atoms with van der Waals surface area (Å²) in [6.45, 7) is 4.24. The summed E-state index contributed by atoms with van der Waals surface area (Å²) in [5.74, 6) is -0.678. The van der Waals surface area contributed by atoms with Crippen molar-refractivity contribution in [3.63, 3.8) is 0 Å². The first-order chi connectivity index (χ1) is 6.57. The summed E-state index contributed by atoms with van der Waals surface area (Å²) in [6, 6.07) is 0. The quantitative estimate of drug-likeness (QED) is 0.566. The minimum atomic E-state index is -0.590. The van der Waals surface area contributed by atoms with Gasteiger partial charge in [-0.2, -0.15) is 0 Å². The van der Waals surface area contributed by atoms with E-state index in [4.69, 9.17) is 14.2 Å². The van der Waals surface area contributed by atoms with Gasteiger partial charge >= 0.3 is 0 Å². The predicted molar refractivity (Wildman–Crippen MR) is 45.5 cm³/mol. The number of morpholine rings is 1. The molecule has 3 aliphatic heterocycles. The SMILES string of the molecule is CC1(C)O[C@@H]2[C@H](O1)[C@@H]1O[C@H]2CNC1=O. The number of carbonyl (C=O) groups excluding carboxylic acids is 1. The Morgan fingerprint density at radius 3 is 2.86 bits per heavy atom. The average Bonchev–Trinajstić information content (AvgIpc) is 2.53. The lowest BCUT2D eigenvalue weighted by Crippen LogP contribution is -2.48. The van der Waals surface area contributed by atoms with Gasteiger partial charge in [-0.3, -0.25) is 4.79 Å². The zero-order valence-corrected chi connectivity index (χ0v) is 8.15. The Labute approximate surface area is 81.7 Å². The van der Waals surface area contributed by atoms with Crippen LogP contribution in [0.5, 0.6) is 0 Å². The molecule has 0 aromatic carbocycles. The Bertz CT molecular complexity index is 291. The van der Waals surface area contributed by atoms with Crippen LogP contribution in [0.25, 0.3) is 0 Å². The third kappa shape index (κ3) is 1.03. The Morgan fingerprint density at radius 2 is 2.07 bits per heavy atom. The largest absolute Gasteiger partial charge is 0.358 e. The monoisotopic (exact) mass is 199 g/mol. The van der Waals surface area contributed by atoms with Gasteiger partial charge in [0, 0.05) is 6.54 Å². The smallest absolute Gasteiger partial charge is 0.252 e. The molecule has 0 saturated carbocycles. The second-order valence-electron chi connectivity index (χ2n) is 4.41. The first-order valence-electron chi connectivity index (χ1n) is 4.86. The van der Waals surface area contributed by atoms with Gasteiger partial charge in [-0.1, -0.05) is 0 Å². The third-order valence-corrected chi connectivity index (χ3v) is 2.89. The lowest BCUT2D eigenvalue weighted by molar-refractivity contribution is -0.193. The molecule has 1 amide bonds. The van der Waals surface area contributed by atoms with E-state index in [1.54, 1.807) is 0 Å². The van der Waals surface area contributed by atoms with Crippen molar-refractivity contribution in [2.75, 3.05) is 6.54 Å². The first kappa shape index (κ1) is 8.64. The Balaban J connectivity index is 1.90. The normalized spacial score (nSPS) is 48.9. The molecule has 14 heavy (non-hydrogen) atoms. The van der Waals surface area contributed by atoms with Gasteiger partial charge in [0.05, 0.1) is 0 Å². The van der Waals surface area contributed by atoms with Crippen molar-refractivity contribution in [3.05, 3.63) is 0 Å². The number of hydrogen-bond acceptors (Lipinski definition) is 4. The van der Waals surface area contributed by atoms with E-state index in [0.29, 0.717) is 6.54 Å². The highest BCUT2D eigenvalue weighted by Crippen LogP contribution is 2.39. The molecule has 0 aromatic heterocycles. The number of fused-ring (bicyclic) bond motifs is 5. The third-order valence-electron chi connectivity index (χ3n) is 2.89. The van der Waals surface area contributed by atoms with Crippen molar-refractivity contribution in [2.24, 2.45) is 0 Å². The van der Waals surface area contributed by atoms with Crippen LogP contribution in [-0.4, -0.2) is 42.7 Å². The van der Waals surface area contributed by atoms with Crippen LogP contribution in [0.3, 0.4) is 0 Å². The van der Waals surface area contributed by atoms with Crippen molar-refractivity contribution in [3.8, 4) is 0 Å². The van der Waals surface area contributed by atoms with Gasteiger partial charge in [-0.15, -0.1) is 0 Å². The topological polar surface area (TPSA) is 56.8 Å².